The van der Waals surface area contributed by atoms with Gasteiger partial charge in [0.05, 0.1) is 19.4 Å². The van der Waals surface area contributed by atoms with Crippen LogP contribution in [0.1, 0.15) is 173 Å². The molecule has 1 aliphatic carbocycles. The molecule has 3 aliphatic rings. The van der Waals surface area contributed by atoms with E-state index in [0.717, 1.165) is 86.7 Å². The molecule has 0 radical (unpaired) electrons. The smallest absolute Gasteiger partial charge is 0.321 e. The number of aliphatic hydroxyl groups is 1. The van der Waals surface area contributed by atoms with Crippen LogP contribution < -0.4 is 16.0 Å². The van der Waals surface area contributed by atoms with Crippen molar-refractivity contribution in [3.63, 3.8) is 0 Å². The Morgan fingerprint density at radius 3 is 2.14 bits per heavy atom. The van der Waals surface area contributed by atoms with E-state index < -0.39 is 23.7 Å². The predicted octanol–water partition coefficient (Wildman–Crippen LogP) is 10.0. The number of hydrogen-bond acceptors (Lipinski definition) is 7. The van der Waals surface area contributed by atoms with Gasteiger partial charge in [0.15, 0.2) is 5.78 Å². The number of ketones is 1. The van der Waals surface area contributed by atoms with E-state index in [1.807, 2.05) is 38.2 Å². The standard InChI is InChI=1S/C55H76N4O6/c1-12-38-36(9)43-28-47-41(30-60)40(23-24-48(61)65-26-25-34(7)22-16-21-33(6)20-15-19-32(5)18-14-17-31(3)4)52(59-47)50-51(55(63)64-11)54(62)49-37(10)44(58-53(49)50)29-46-39(13-2)35(8)42(56-46)27-45(38)57-43/h12,25,27-29,31-33,40-41,51,56-60H,1,13-24,26,30H2,2-11H3/b34-25+,42-27-,46-29-,47-28-,52-50-/t32-,33-,40+,41+,51-/m1/s1. The molecule has 10 nitrogen and oxygen atoms in total. The van der Waals surface area contributed by atoms with E-state index in [0.29, 0.717) is 40.6 Å². The molecule has 3 aromatic heterocycles. The van der Waals surface area contributed by atoms with Crippen LogP contribution in [0.15, 0.2) is 29.6 Å². The van der Waals surface area contributed by atoms with E-state index in [4.69, 9.17) is 9.47 Å². The fourth-order valence-electron chi connectivity index (χ4n) is 10.5. The number of aromatic amines is 3. The summed E-state index contributed by atoms with van der Waals surface area (Å²) in [6.45, 7) is 23.8. The lowest BCUT2D eigenvalue weighted by molar-refractivity contribution is -0.143. The summed E-state index contributed by atoms with van der Waals surface area (Å²) in [7, 11) is 1.29. The van der Waals surface area contributed by atoms with Crippen LogP contribution in [0, 0.1) is 56.3 Å². The van der Waals surface area contributed by atoms with Crippen molar-refractivity contribution in [2.75, 3.05) is 20.3 Å². The first-order valence-electron chi connectivity index (χ1n) is 24.4. The minimum absolute atomic E-state index is 0.0788. The Morgan fingerprint density at radius 2 is 1.49 bits per heavy atom. The van der Waals surface area contributed by atoms with Gasteiger partial charge >= 0.3 is 11.9 Å². The molecule has 1 saturated heterocycles. The predicted molar refractivity (Wildman–Crippen MR) is 263 cm³/mol. The third-order valence-electron chi connectivity index (χ3n) is 14.5. The average molecular weight is 889 g/mol. The Kier molecular flexibility index (Phi) is 16.6. The van der Waals surface area contributed by atoms with Gasteiger partial charge in [-0.05, 0) is 118 Å². The van der Waals surface area contributed by atoms with Gasteiger partial charge in [-0.1, -0.05) is 97.8 Å². The molecular weight excluding hydrogens is 813 g/mol. The fraction of sp³-hybridized carbons (Fsp3) is 0.545. The summed E-state index contributed by atoms with van der Waals surface area (Å²) >= 11 is 0. The van der Waals surface area contributed by atoms with E-state index in [1.54, 1.807) is 0 Å². The number of aromatic nitrogens is 3. The molecule has 1 fully saturated rings. The molecule has 352 valence electrons. The van der Waals surface area contributed by atoms with Gasteiger partial charge in [-0.25, -0.2) is 0 Å². The maximum absolute atomic E-state index is 14.4. The summed E-state index contributed by atoms with van der Waals surface area (Å²) in [5, 5.41) is 16.6. The molecular formula is C55H76N4O6. The number of methoxy groups -OCH3 is 1. The van der Waals surface area contributed by atoms with Gasteiger partial charge in [0.2, 0.25) is 0 Å². The van der Waals surface area contributed by atoms with Crippen LogP contribution in [-0.4, -0.2) is 58.1 Å². The zero-order chi connectivity index (χ0) is 47.1. The highest BCUT2D eigenvalue weighted by molar-refractivity contribution is 6.24. The van der Waals surface area contributed by atoms with Crippen molar-refractivity contribution in [3.05, 3.63) is 96.5 Å². The number of fused-ring (bicyclic) bond motifs is 7. The summed E-state index contributed by atoms with van der Waals surface area (Å²) < 4.78 is 11.1. The lowest BCUT2D eigenvalue weighted by Gasteiger charge is -2.20. The highest BCUT2D eigenvalue weighted by atomic mass is 16.5. The Bertz CT molecular complexity index is 2470. The summed E-state index contributed by atoms with van der Waals surface area (Å²) in [5.74, 6) is -1.21. The Hall–Kier alpha value is -5.09. The van der Waals surface area contributed by atoms with Crippen LogP contribution in [0.25, 0.3) is 29.9 Å². The highest BCUT2D eigenvalue weighted by Crippen LogP contribution is 2.48. The summed E-state index contributed by atoms with van der Waals surface area (Å²) in [6.07, 6.45) is 22.4. The molecule has 0 spiro atoms. The first-order valence-corrected chi connectivity index (χ1v) is 24.4. The second kappa shape index (κ2) is 21.9. The maximum Gasteiger partial charge on any atom is 0.321 e. The summed E-state index contributed by atoms with van der Waals surface area (Å²) in [5.41, 5.74) is 11.4. The van der Waals surface area contributed by atoms with Crippen molar-refractivity contribution >= 4 is 47.6 Å². The number of esters is 2. The van der Waals surface area contributed by atoms with E-state index in [9.17, 15) is 19.5 Å². The largest absolute Gasteiger partial charge is 0.468 e. The summed E-state index contributed by atoms with van der Waals surface area (Å²) in [4.78, 5) is 52.3. The molecule has 5 heterocycles. The van der Waals surface area contributed by atoms with Gasteiger partial charge < -0.3 is 34.8 Å². The van der Waals surface area contributed by atoms with Gasteiger partial charge in [-0.15, -0.1) is 0 Å². The Balaban J connectivity index is 1.24. The van der Waals surface area contributed by atoms with Crippen molar-refractivity contribution in [1.29, 1.82) is 0 Å². The number of aliphatic hydroxyl groups excluding tert-OH is 1. The monoisotopic (exact) mass is 889 g/mol. The van der Waals surface area contributed by atoms with Crippen molar-refractivity contribution < 1.29 is 29.0 Å². The SMILES string of the molecule is C=Cc1c2[nH]c(c1C)/C=C1\N/C(=C3\c4[nH]c(c(C)c4C(=O)[C@@H]3C(=O)OC)/C=c3\[nH]/c(c(C)c3CC)=C\2)[C@@H](CCC(=O)OC/C=C(\C)CCC[C@H](C)CCC[C@H](C)CCCC(C)C)[C@@H]1CO. The second-order valence-corrected chi connectivity index (χ2v) is 19.7. The normalized spacial score (nSPS) is 21.8. The molecule has 0 unspecified atom stereocenters. The number of nitrogens with one attached hydrogen (secondary N) is 4. The minimum Gasteiger partial charge on any atom is -0.468 e. The lowest BCUT2D eigenvalue weighted by Crippen LogP contribution is -2.25. The van der Waals surface area contributed by atoms with Crippen molar-refractivity contribution in [3.8, 4) is 0 Å². The van der Waals surface area contributed by atoms with Gasteiger partial charge in [0.1, 0.15) is 12.5 Å². The topological polar surface area (TPSA) is 149 Å². The van der Waals surface area contributed by atoms with Crippen molar-refractivity contribution in [1.82, 2.24) is 20.3 Å². The highest BCUT2D eigenvalue weighted by Gasteiger charge is 2.49. The number of carbonyl (C=O) groups excluding carboxylic acids is 3. The zero-order valence-electron chi connectivity index (χ0n) is 40.9. The van der Waals surface area contributed by atoms with Crippen LogP contribution in [0.5, 0.6) is 0 Å². The molecule has 2 aliphatic heterocycles. The third kappa shape index (κ3) is 11.0. The average Bonchev–Trinajstić information content (AvgIpc) is 4.02. The van der Waals surface area contributed by atoms with Crippen molar-refractivity contribution in [2.24, 2.45) is 35.5 Å². The molecule has 5 atom stereocenters. The second-order valence-electron chi connectivity index (χ2n) is 19.7. The molecule has 8 bridgehead atoms. The van der Waals surface area contributed by atoms with Crippen LogP contribution in [0.3, 0.4) is 0 Å². The first-order chi connectivity index (χ1) is 31.1. The number of rotatable bonds is 21. The molecule has 65 heavy (non-hydrogen) atoms. The number of Topliss-reactive ketones (excluding diaryl/α,β-unsaturated/α-hetero) is 1. The van der Waals surface area contributed by atoms with Gasteiger partial charge in [0, 0.05) is 74.1 Å². The Morgan fingerprint density at radius 1 is 0.831 bits per heavy atom. The molecule has 3 aromatic rings. The van der Waals surface area contributed by atoms with E-state index >= 15 is 0 Å². The van der Waals surface area contributed by atoms with Gasteiger partial charge in [-0.3, -0.25) is 14.4 Å². The number of ether oxygens (including phenoxy) is 2. The van der Waals surface area contributed by atoms with Crippen LogP contribution in [0.4, 0.5) is 0 Å². The molecule has 6 rings (SSSR count). The molecule has 0 amide bonds. The number of H-pyrrole nitrogens is 3. The Labute approximate surface area is 387 Å². The minimum atomic E-state index is -1.22. The molecule has 0 saturated carbocycles. The van der Waals surface area contributed by atoms with Crippen molar-refractivity contribution in [2.45, 2.75) is 139 Å². The molecule has 10 heteroatoms. The molecule has 0 aromatic carbocycles. The van der Waals surface area contributed by atoms with Gasteiger partial charge in [-0.2, -0.15) is 0 Å². The summed E-state index contributed by atoms with van der Waals surface area (Å²) in [6, 6.07) is 0. The van der Waals surface area contributed by atoms with E-state index in [-0.39, 0.29) is 31.4 Å². The fourth-order valence-corrected chi connectivity index (χ4v) is 10.5. The number of allylic oxidation sites excluding steroid dienone is 2. The van der Waals surface area contributed by atoms with Gasteiger partial charge in [0.25, 0.3) is 0 Å². The lowest BCUT2D eigenvalue weighted by atomic mass is 9.84. The quantitative estimate of drug-likeness (QED) is 0.0406. The van der Waals surface area contributed by atoms with E-state index in [2.05, 4.69) is 81.4 Å². The zero-order valence-corrected chi connectivity index (χ0v) is 40.9. The maximum atomic E-state index is 14.4. The van der Waals surface area contributed by atoms with Crippen LogP contribution >= 0.6 is 0 Å². The van der Waals surface area contributed by atoms with Crippen LogP contribution in [0.2, 0.25) is 0 Å². The number of carbonyl (C=O) groups is 3. The molecule has 5 N–H and O–H groups in total. The first kappa shape index (κ1) is 49.3. The van der Waals surface area contributed by atoms with E-state index in [1.165, 1.54) is 57.6 Å². The third-order valence-corrected chi connectivity index (χ3v) is 14.5. The number of hydrogen-bond donors (Lipinski definition) is 5. The van der Waals surface area contributed by atoms with Crippen LogP contribution in [-0.2, 0) is 25.5 Å².